The van der Waals surface area contributed by atoms with Gasteiger partial charge in [0.05, 0.1) is 10.2 Å². The number of aromatic nitrogens is 1. The van der Waals surface area contributed by atoms with Crippen molar-refractivity contribution in [1.29, 1.82) is 0 Å². The van der Waals surface area contributed by atoms with Crippen molar-refractivity contribution in [3.8, 4) is 5.75 Å². The van der Waals surface area contributed by atoms with Crippen molar-refractivity contribution in [3.63, 3.8) is 0 Å². The highest BCUT2D eigenvalue weighted by molar-refractivity contribution is 7.16. The summed E-state index contributed by atoms with van der Waals surface area (Å²) < 4.78 is 81.7. The summed E-state index contributed by atoms with van der Waals surface area (Å²) in [5.74, 6) is -2.78. The lowest BCUT2D eigenvalue weighted by molar-refractivity contribution is -0.274. The number of para-hydroxylation sites is 1. The molecule has 1 saturated heterocycles. The van der Waals surface area contributed by atoms with Crippen LogP contribution in [-0.2, 0) is 11.3 Å². The van der Waals surface area contributed by atoms with Gasteiger partial charge in [-0.05, 0) is 43.3 Å². The van der Waals surface area contributed by atoms with Gasteiger partial charge in [-0.1, -0.05) is 29.5 Å². The van der Waals surface area contributed by atoms with E-state index in [2.05, 4.69) is 19.5 Å². The van der Waals surface area contributed by atoms with Crippen LogP contribution < -0.4 is 14.4 Å². The van der Waals surface area contributed by atoms with Gasteiger partial charge in [-0.25, -0.2) is 0 Å². The Morgan fingerprint density at radius 2 is 1.62 bits per heavy atom. The first-order chi connectivity index (χ1) is 17.0. The van der Waals surface area contributed by atoms with Crippen LogP contribution in [0.1, 0.15) is 6.42 Å². The molecule has 0 spiro atoms. The quantitative estimate of drug-likeness (QED) is 0.383. The molecule has 14 heteroatoms. The Morgan fingerprint density at radius 3 is 2.24 bits per heavy atom. The monoisotopic (exact) mass is 568 g/mol. The highest BCUT2D eigenvalue weighted by Gasteiger charge is 2.38. The number of amides is 1. The first kappa shape index (κ1) is 28.8. The topological polar surface area (TPSA) is 50.1 Å². The molecule has 2 aromatic carbocycles. The molecule has 1 aromatic heterocycles. The van der Waals surface area contributed by atoms with Crippen LogP contribution in [0.4, 0.5) is 32.0 Å². The zero-order chi connectivity index (χ0) is 25.9. The molecular weight excluding hydrogens is 546 g/mol. The van der Waals surface area contributed by atoms with Crippen molar-refractivity contribution in [2.75, 3.05) is 37.6 Å². The Hall–Kier alpha value is -2.77. The summed E-state index contributed by atoms with van der Waals surface area (Å²) in [5, 5.41) is 0. The average Bonchev–Trinajstić information content (AvgIpc) is 3.14. The number of fused-ring (bicyclic) bond motifs is 1. The van der Waals surface area contributed by atoms with E-state index in [1.807, 2.05) is 30.3 Å². The largest absolute Gasteiger partial charge is 0.573 e. The normalized spacial score (nSPS) is 15.6. The summed E-state index contributed by atoms with van der Waals surface area (Å²) in [5.41, 5.74) is 1.52. The summed E-state index contributed by atoms with van der Waals surface area (Å²) in [6.45, 7) is 4.19. The first-order valence-corrected chi connectivity index (χ1v) is 11.9. The number of rotatable bonds is 6. The summed E-state index contributed by atoms with van der Waals surface area (Å²) in [6, 6.07) is 13.5. The zero-order valence-corrected chi connectivity index (χ0v) is 20.9. The third kappa shape index (κ3) is 7.62. The molecular formula is C23H23ClF6N4O2S. The van der Waals surface area contributed by atoms with E-state index in [1.165, 1.54) is 10.6 Å². The molecule has 6 nitrogen and oxygen atoms in total. The Labute approximate surface area is 218 Å². The number of benzene rings is 2. The van der Waals surface area contributed by atoms with Gasteiger partial charge in [0, 0.05) is 38.4 Å². The van der Waals surface area contributed by atoms with Gasteiger partial charge in [-0.15, -0.1) is 25.6 Å². The van der Waals surface area contributed by atoms with E-state index >= 15 is 0 Å². The molecule has 1 amide bonds. The summed E-state index contributed by atoms with van der Waals surface area (Å²) in [7, 11) is 0. The lowest BCUT2D eigenvalue weighted by Crippen LogP contribution is -2.46. The molecule has 0 aliphatic carbocycles. The van der Waals surface area contributed by atoms with Gasteiger partial charge >= 0.3 is 18.4 Å². The number of piperazine rings is 1. The fourth-order valence-electron chi connectivity index (χ4n) is 4.02. The van der Waals surface area contributed by atoms with E-state index in [1.54, 1.807) is 0 Å². The average molecular weight is 569 g/mol. The molecule has 1 aliphatic rings. The summed E-state index contributed by atoms with van der Waals surface area (Å²) >= 11 is 0.700. The van der Waals surface area contributed by atoms with Crippen LogP contribution in [0.25, 0.3) is 10.2 Å². The zero-order valence-electron chi connectivity index (χ0n) is 19.3. The maximum absolute atomic E-state index is 12.8. The lowest BCUT2D eigenvalue weighted by atomic mass is 10.2. The van der Waals surface area contributed by atoms with Gasteiger partial charge in [0.15, 0.2) is 4.80 Å². The molecule has 2 heterocycles. The van der Waals surface area contributed by atoms with E-state index in [0.717, 1.165) is 44.0 Å². The van der Waals surface area contributed by atoms with Crippen LogP contribution in [0, 0.1) is 0 Å². The molecule has 37 heavy (non-hydrogen) atoms. The number of nitrogens with zero attached hydrogens (tertiary/aromatic N) is 4. The van der Waals surface area contributed by atoms with Crippen LogP contribution in [0.3, 0.4) is 0 Å². The number of hydrogen-bond donors (Lipinski definition) is 0. The summed E-state index contributed by atoms with van der Waals surface area (Å²) in [6.07, 6.45) is -9.52. The molecule has 3 aromatic rings. The van der Waals surface area contributed by atoms with E-state index in [0.29, 0.717) is 29.8 Å². The Balaban J connectivity index is 0.00000380. The molecule has 202 valence electrons. The van der Waals surface area contributed by atoms with Crippen molar-refractivity contribution >= 4 is 45.6 Å². The molecule has 0 radical (unpaired) electrons. The number of alkyl halides is 6. The molecule has 0 bridgehead atoms. The minimum atomic E-state index is -5.16. The number of carbonyl (C=O) groups excluding carboxylic acids is 1. The SMILES string of the molecule is Cl.O=C(N=c1sc2cc(OC(F)(F)F)ccc2n1CCCN1CCN(c2ccccc2)CC1)C(F)(F)F. The second kappa shape index (κ2) is 11.7. The van der Waals surface area contributed by atoms with E-state index in [9.17, 15) is 31.1 Å². The number of carbonyl (C=O) groups is 1. The minimum Gasteiger partial charge on any atom is -0.406 e. The Morgan fingerprint density at radius 1 is 0.946 bits per heavy atom. The van der Waals surface area contributed by atoms with Crippen molar-refractivity contribution in [3.05, 3.63) is 53.3 Å². The number of halogens is 7. The van der Waals surface area contributed by atoms with Crippen molar-refractivity contribution in [2.45, 2.75) is 25.5 Å². The van der Waals surface area contributed by atoms with Crippen molar-refractivity contribution in [2.24, 2.45) is 4.99 Å². The molecule has 1 fully saturated rings. The highest BCUT2D eigenvalue weighted by Crippen LogP contribution is 2.28. The number of aryl methyl sites for hydroxylation is 1. The Bertz CT molecular complexity index is 1270. The second-order valence-corrected chi connectivity index (χ2v) is 9.16. The van der Waals surface area contributed by atoms with Gasteiger partial charge in [-0.2, -0.15) is 18.2 Å². The minimum absolute atomic E-state index is 0. The third-order valence-corrected chi connectivity index (χ3v) is 6.72. The van der Waals surface area contributed by atoms with Crippen molar-refractivity contribution < 1.29 is 35.9 Å². The van der Waals surface area contributed by atoms with Crippen LogP contribution in [0.15, 0.2) is 53.5 Å². The van der Waals surface area contributed by atoms with Crippen LogP contribution >= 0.6 is 23.7 Å². The van der Waals surface area contributed by atoms with Gasteiger partial charge < -0.3 is 14.2 Å². The predicted octanol–water partition coefficient (Wildman–Crippen LogP) is 5.23. The lowest BCUT2D eigenvalue weighted by Gasteiger charge is -2.36. The van der Waals surface area contributed by atoms with Gasteiger partial charge in [0.1, 0.15) is 5.75 Å². The fraction of sp³-hybridized carbons (Fsp3) is 0.391. The number of ether oxygens (including phenoxy) is 1. The fourth-order valence-corrected chi connectivity index (χ4v) is 5.11. The molecule has 0 saturated carbocycles. The van der Waals surface area contributed by atoms with Crippen LogP contribution in [-0.4, -0.2) is 60.6 Å². The number of anilines is 1. The second-order valence-electron chi connectivity index (χ2n) is 8.15. The summed E-state index contributed by atoms with van der Waals surface area (Å²) in [4.78, 5) is 19.0. The van der Waals surface area contributed by atoms with E-state index in [-0.39, 0.29) is 28.5 Å². The highest BCUT2D eigenvalue weighted by atomic mass is 35.5. The van der Waals surface area contributed by atoms with Gasteiger partial charge in [0.2, 0.25) is 0 Å². The standard InChI is InChI=1S/C23H22F6N4O2S.ClH/c24-22(25,26)20(34)30-21-33(18-8-7-17(15-19(18)36-21)35-23(27,28)29)10-4-9-31-11-13-32(14-12-31)16-5-2-1-3-6-16;/h1-3,5-8,15H,4,9-14H2;1H. The molecule has 0 N–H and O–H groups in total. The molecule has 0 atom stereocenters. The number of hydrogen-bond acceptors (Lipinski definition) is 5. The van der Waals surface area contributed by atoms with Gasteiger partial charge in [-0.3, -0.25) is 9.69 Å². The van der Waals surface area contributed by atoms with Crippen LogP contribution in [0.5, 0.6) is 5.75 Å². The molecule has 1 aliphatic heterocycles. The first-order valence-electron chi connectivity index (χ1n) is 11.1. The van der Waals surface area contributed by atoms with Gasteiger partial charge in [0.25, 0.3) is 0 Å². The van der Waals surface area contributed by atoms with Crippen molar-refractivity contribution in [1.82, 2.24) is 9.47 Å². The number of thiazole rings is 1. The van der Waals surface area contributed by atoms with Crippen LogP contribution in [0.2, 0.25) is 0 Å². The molecule has 0 unspecified atom stereocenters. The maximum Gasteiger partial charge on any atom is 0.573 e. The third-order valence-electron chi connectivity index (χ3n) is 5.68. The smallest absolute Gasteiger partial charge is 0.406 e. The Kier molecular flexibility index (Phi) is 9.13. The molecule has 4 rings (SSSR count). The van der Waals surface area contributed by atoms with E-state index < -0.39 is 24.2 Å². The maximum atomic E-state index is 12.8. The predicted molar refractivity (Wildman–Crippen MR) is 130 cm³/mol. The van der Waals surface area contributed by atoms with E-state index in [4.69, 9.17) is 0 Å².